The Hall–Kier alpha value is -1.93. The van der Waals surface area contributed by atoms with E-state index in [4.69, 9.17) is 0 Å². The predicted molar refractivity (Wildman–Crippen MR) is 93.6 cm³/mol. The average molecular weight is 365 g/mol. The van der Waals surface area contributed by atoms with Gasteiger partial charge in [0, 0.05) is 31.7 Å². The number of rotatable bonds is 5. The topological polar surface area (TPSA) is 86.8 Å². The van der Waals surface area contributed by atoms with Crippen LogP contribution in [0.15, 0.2) is 29.2 Å². The number of carbonyl (C=O) groups excluding carboxylic acids is 2. The highest BCUT2D eigenvalue weighted by atomic mass is 32.2. The first-order valence-corrected chi connectivity index (χ1v) is 10.1. The summed E-state index contributed by atoms with van der Waals surface area (Å²) >= 11 is 0. The van der Waals surface area contributed by atoms with Crippen molar-refractivity contribution >= 4 is 27.5 Å². The molecule has 25 heavy (non-hydrogen) atoms. The van der Waals surface area contributed by atoms with Crippen molar-refractivity contribution in [2.45, 2.75) is 43.5 Å². The molecule has 3 rings (SSSR count). The largest absolute Gasteiger partial charge is 0.341 e. The van der Waals surface area contributed by atoms with E-state index in [0.29, 0.717) is 31.7 Å². The van der Waals surface area contributed by atoms with Gasteiger partial charge in [-0.15, -0.1) is 0 Å². The summed E-state index contributed by atoms with van der Waals surface area (Å²) in [6, 6.07) is 5.39. The molecule has 0 spiro atoms. The molecule has 2 fully saturated rings. The van der Waals surface area contributed by atoms with Crippen LogP contribution in [0, 0.1) is 0 Å². The van der Waals surface area contributed by atoms with Gasteiger partial charge in [-0.05, 0) is 50.5 Å². The number of sulfonamides is 1. The van der Waals surface area contributed by atoms with Gasteiger partial charge in [-0.25, -0.2) is 8.42 Å². The molecule has 0 radical (unpaired) electrons. The highest BCUT2D eigenvalue weighted by molar-refractivity contribution is 7.89. The maximum atomic E-state index is 12.5. The Morgan fingerprint density at radius 2 is 1.72 bits per heavy atom. The number of nitrogens with one attached hydrogen (secondary N) is 1. The molecular formula is C17H23N3O4S. The Bertz CT molecular complexity index is 755. The minimum atomic E-state index is -3.79. The van der Waals surface area contributed by atoms with Crippen LogP contribution < -0.4 is 9.62 Å². The van der Waals surface area contributed by atoms with Gasteiger partial charge >= 0.3 is 0 Å². The number of likely N-dealkylation sites (tertiary alicyclic amines) is 1. The van der Waals surface area contributed by atoms with Gasteiger partial charge in [0.1, 0.15) is 0 Å². The molecule has 0 aromatic heterocycles. The van der Waals surface area contributed by atoms with Crippen molar-refractivity contribution in [3.05, 3.63) is 24.3 Å². The van der Waals surface area contributed by atoms with Gasteiger partial charge in [-0.2, -0.15) is 4.72 Å². The maximum Gasteiger partial charge on any atom is 0.241 e. The van der Waals surface area contributed by atoms with Crippen LogP contribution in [-0.2, 0) is 19.6 Å². The van der Waals surface area contributed by atoms with Crippen LogP contribution in [0.3, 0.4) is 0 Å². The summed E-state index contributed by atoms with van der Waals surface area (Å²) < 4.78 is 27.4. The van der Waals surface area contributed by atoms with E-state index >= 15 is 0 Å². The van der Waals surface area contributed by atoms with Crippen LogP contribution in [0.1, 0.15) is 32.6 Å². The zero-order valence-corrected chi connectivity index (χ0v) is 15.1. The smallest absolute Gasteiger partial charge is 0.241 e. The van der Waals surface area contributed by atoms with Crippen LogP contribution in [0.2, 0.25) is 0 Å². The molecule has 2 amide bonds. The van der Waals surface area contributed by atoms with E-state index in [9.17, 15) is 18.0 Å². The second-order valence-electron chi connectivity index (χ2n) is 6.52. The van der Waals surface area contributed by atoms with Gasteiger partial charge in [0.15, 0.2) is 0 Å². The summed E-state index contributed by atoms with van der Waals surface area (Å²) in [5.74, 6) is -0.140. The predicted octanol–water partition coefficient (Wildman–Crippen LogP) is 1.10. The first-order valence-electron chi connectivity index (χ1n) is 8.60. The molecular weight excluding hydrogens is 342 g/mol. The van der Waals surface area contributed by atoms with Gasteiger partial charge < -0.3 is 9.80 Å². The minimum Gasteiger partial charge on any atom is -0.341 e. The second-order valence-corrected chi connectivity index (χ2v) is 8.23. The number of carbonyl (C=O) groups is 2. The molecule has 1 atom stereocenters. The zero-order chi connectivity index (χ0) is 18.0. The van der Waals surface area contributed by atoms with Gasteiger partial charge in [-0.3, -0.25) is 9.59 Å². The fourth-order valence-corrected chi connectivity index (χ4v) is 4.49. The molecule has 136 valence electrons. The molecule has 2 aliphatic rings. The molecule has 2 aliphatic heterocycles. The highest BCUT2D eigenvalue weighted by Crippen LogP contribution is 2.23. The highest BCUT2D eigenvalue weighted by Gasteiger charge is 2.28. The van der Waals surface area contributed by atoms with E-state index in [2.05, 4.69) is 4.72 Å². The number of nitrogens with zero attached hydrogens (tertiary/aromatic N) is 2. The third-order valence-corrected chi connectivity index (χ3v) is 6.21. The Morgan fingerprint density at radius 1 is 1.08 bits per heavy atom. The third-order valence-electron chi connectivity index (χ3n) is 4.65. The minimum absolute atomic E-state index is 0.0542. The van der Waals surface area contributed by atoms with Crippen molar-refractivity contribution in [1.82, 2.24) is 9.62 Å². The van der Waals surface area contributed by atoms with Crippen molar-refractivity contribution in [3.63, 3.8) is 0 Å². The molecule has 1 aromatic carbocycles. The van der Waals surface area contributed by atoms with Gasteiger partial charge in [0.05, 0.1) is 10.9 Å². The van der Waals surface area contributed by atoms with Crippen LogP contribution in [0.4, 0.5) is 5.69 Å². The monoisotopic (exact) mass is 365 g/mol. The molecule has 0 saturated carbocycles. The SMILES string of the molecule is C[C@@H](NS(=O)(=O)c1ccc(N2CCCC2=O)cc1)C(=O)N1CCCC1. The fraction of sp³-hybridized carbons (Fsp3) is 0.529. The Morgan fingerprint density at radius 3 is 2.28 bits per heavy atom. The fourth-order valence-electron chi connectivity index (χ4n) is 3.29. The molecule has 7 nitrogen and oxygen atoms in total. The van der Waals surface area contributed by atoms with Crippen molar-refractivity contribution in [3.8, 4) is 0 Å². The molecule has 2 heterocycles. The number of benzene rings is 1. The Kier molecular flexibility index (Phi) is 5.10. The number of amides is 2. The van der Waals surface area contributed by atoms with Crippen molar-refractivity contribution in [2.75, 3.05) is 24.5 Å². The molecule has 1 aromatic rings. The number of anilines is 1. The maximum absolute atomic E-state index is 12.5. The lowest BCUT2D eigenvalue weighted by Crippen LogP contribution is -2.45. The molecule has 0 aliphatic carbocycles. The van der Waals surface area contributed by atoms with Gasteiger partial charge in [0.25, 0.3) is 0 Å². The van der Waals surface area contributed by atoms with Crippen LogP contribution in [0.5, 0.6) is 0 Å². The Balaban J connectivity index is 1.69. The standard InChI is InChI=1S/C17H23N3O4S/c1-13(17(22)19-10-2-3-11-19)18-25(23,24)15-8-6-14(7-9-15)20-12-4-5-16(20)21/h6-9,13,18H,2-5,10-12H2,1H3/t13-/m1/s1. The Labute approximate surface area is 148 Å². The summed E-state index contributed by atoms with van der Waals surface area (Å²) in [6.45, 7) is 3.59. The second kappa shape index (κ2) is 7.13. The van der Waals surface area contributed by atoms with E-state index in [1.165, 1.54) is 12.1 Å². The van der Waals surface area contributed by atoms with Gasteiger partial charge in [0.2, 0.25) is 21.8 Å². The lowest BCUT2D eigenvalue weighted by molar-refractivity contribution is -0.131. The molecule has 0 unspecified atom stereocenters. The quantitative estimate of drug-likeness (QED) is 0.847. The summed E-state index contributed by atoms with van der Waals surface area (Å²) in [5.41, 5.74) is 0.697. The zero-order valence-electron chi connectivity index (χ0n) is 14.3. The summed E-state index contributed by atoms with van der Waals surface area (Å²) in [6.07, 6.45) is 3.26. The first kappa shape index (κ1) is 17.9. The van der Waals surface area contributed by atoms with E-state index < -0.39 is 16.1 Å². The molecule has 2 saturated heterocycles. The van der Waals surface area contributed by atoms with Crippen LogP contribution >= 0.6 is 0 Å². The van der Waals surface area contributed by atoms with E-state index in [1.54, 1.807) is 28.9 Å². The summed E-state index contributed by atoms with van der Waals surface area (Å²) in [7, 11) is -3.79. The van der Waals surface area contributed by atoms with Crippen LogP contribution in [0.25, 0.3) is 0 Å². The lowest BCUT2D eigenvalue weighted by atomic mass is 10.3. The molecule has 0 bridgehead atoms. The first-order chi connectivity index (χ1) is 11.9. The van der Waals surface area contributed by atoms with Crippen molar-refractivity contribution in [1.29, 1.82) is 0 Å². The molecule has 8 heteroatoms. The van der Waals surface area contributed by atoms with E-state index in [0.717, 1.165) is 19.3 Å². The summed E-state index contributed by atoms with van der Waals surface area (Å²) in [4.78, 5) is 27.5. The number of hydrogen-bond donors (Lipinski definition) is 1. The normalized spacial score (nSPS) is 19.5. The third kappa shape index (κ3) is 3.85. The van der Waals surface area contributed by atoms with Crippen molar-refractivity contribution in [2.24, 2.45) is 0 Å². The average Bonchev–Trinajstić information content (AvgIpc) is 3.25. The van der Waals surface area contributed by atoms with E-state index in [1.807, 2.05) is 0 Å². The lowest BCUT2D eigenvalue weighted by Gasteiger charge is -2.21. The van der Waals surface area contributed by atoms with Crippen LogP contribution in [-0.4, -0.2) is 50.8 Å². The van der Waals surface area contributed by atoms with Crippen molar-refractivity contribution < 1.29 is 18.0 Å². The molecule has 1 N–H and O–H groups in total. The van der Waals surface area contributed by atoms with Gasteiger partial charge in [-0.1, -0.05) is 0 Å². The number of hydrogen-bond acceptors (Lipinski definition) is 4. The van der Waals surface area contributed by atoms with E-state index in [-0.39, 0.29) is 16.7 Å². The summed E-state index contributed by atoms with van der Waals surface area (Å²) in [5, 5.41) is 0.